The molecule has 14 heavy (non-hydrogen) atoms. The zero-order valence-corrected chi connectivity index (χ0v) is 7.47. The van der Waals surface area contributed by atoms with E-state index in [4.69, 9.17) is 20.1 Å². The van der Waals surface area contributed by atoms with E-state index in [1.165, 1.54) is 31.4 Å². The van der Waals surface area contributed by atoms with Crippen molar-refractivity contribution in [1.29, 1.82) is 0 Å². The van der Waals surface area contributed by atoms with Crippen molar-refractivity contribution in [3.05, 3.63) is 29.8 Å². The molecule has 5 nitrogen and oxygen atoms in total. The summed E-state index contributed by atoms with van der Waals surface area (Å²) in [5, 5.41) is 26.8. The molecule has 1 rings (SSSR count). The van der Waals surface area contributed by atoms with Gasteiger partial charge in [-0.25, -0.2) is 4.79 Å². The van der Waals surface area contributed by atoms with Crippen molar-refractivity contribution in [2.75, 3.05) is 7.11 Å². The number of methoxy groups -OCH3 is 1. The number of hydrogen-bond donors (Lipinski definition) is 3. The first kappa shape index (κ1) is 10.5. The van der Waals surface area contributed by atoms with Gasteiger partial charge >= 0.3 is 5.97 Å². The van der Waals surface area contributed by atoms with Crippen LogP contribution in [0.25, 0.3) is 0 Å². The molecular formula is C9H10O5. The van der Waals surface area contributed by atoms with Crippen molar-refractivity contribution in [2.24, 2.45) is 0 Å². The summed E-state index contributed by atoms with van der Waals surface area (Å²) in [7, 11) is 1.46. The third-order valence-electron chi connectivity index (χ3n) is 1.79. The number of aliphatic hydroxyl groups is 2. The van der Waals surface area contributed by atoms with Gasteiger partial charge < -0.3 is 20.1 Å². The average molecular weight is 198 g/mol. The van der Waals surface area contributed by atoms with Crippen LogP contribution in [-0.4, -0.2) is 28.4 Å². The Hall–Kier alpha value is -1.59. The molecular weight excluding hydrogens is 188 g/mol. The minimum absolute atomic E-state index is 0.120. The monoisotopic (exact) mass is 198 g/mol. The van der Waals surface area contributed by atoms with Crippen LogP contribution in [0.4, 0.5) is 0 Å². The summed E-state index contributed by atoms with van der Waals surface area (Å²) in [4.78, 5) is 10.4. The van der Waals surface area contributed by atoms with Crippen LogP contribution < -0.4 is 4.74 Å². The smallest absolute Gasteiger partial charge is 0.369 e. The number of benzene rings is 1. The Morgan fingerprint density at radius 2 is 1.79 bits per heavy atom. The highest BCUT2D eigenvalue weighted by Crippen LogP contribution is 2.20. The van der Waals surface area contributed by atoms with E-state index in [1.807, 2.05) is 0 Å². The molecule has 3 N–H and O–H groups in total. The lowest BCUT2D eigenvalue weighted by Gasteiger charge is -2.16. The lowest BCUT2D eigenvalue weighted by atomic mass is 10.1. The van der Waals surface area contributed by atoms with Gasteiger partial charge in [-0.1, -0.05) is 0 Å². The maximum absolute atomic E-state index is 10.4. The number of aliphatic carboxylic acids is 1. The Kier molecular flexibility index (Phi) is 2.73. The molecule has 1 aromatic rings. The average Bonchev–Trinajstić information content (AvgIpc) is 2.17. The van der Waals surface area contributed by atoms with Crippen LogP contribution in [-0.2, 0) is 10.6 Å². The fourth-order valence-electron chi connectivity index (χ4n) is 0.947. The number of hydrogen-bond acceptors (Lipinski definition) is 4. The maximum Gasteiger partial charge on any atom is 0.369 e. The highest BCUT2D eigenvalue weighted by molar-refractivity contribution is 5.76. The number of ether oxygens (including phenoxy) is 1. The topological polar surface area (TPSA) is 87.0 Å². The number of carboxylic acid groups (broad SMARTS) is 1. The minimum Gasteiger partial charge on any atom is -0.497 e. The van der Waals surface area contributed by atoms with E-state index in [0.29, 0.717) is 5.75 Å². The van der Waals surface area contributed by atoms with E-state index in [2.05, 4.69) is 0 Å². The molecule has 0 aliphatic heterocycles. The van der Waals surface area contributed by atoms with Crippen LogP contribution in [0.15, 0.2) is 24.3 Å². The Morgan fingerprint density at radius 3 is 2.14 bits per heavy atom. The van der Waals surface area contributed by atoms with Gasteiger partial charge in [0.15, 0.2) is 0 Å². The fraction of sp³-hybridized carbons (Fsp3) is 0.222. The molecule has 5 heteroatoms. The zero-order chi connectivity index (χ0) is 10.8. The molecule has 0 aliphatic carbocycles. The molecule has 0 saturated heterocycles. The van der Waals surface area contributed by atoms with Gasteiger partial charge in [-0.05, 0) is 24.3 Å². The van der Waals surface area contributed by atoms with Gasteiger partial charge in [-0.3, -0.25) is 0 Å². The van der Waals surface area contributed by atoms with Crippen LogP contribution in [0.1, 0.15) is 5.56 Å². The Bertz CT molecular complexity index is 328. The summed E-state index contributed by atoms with van der Waals surface area (Å²) in [6, 6.07) is 5.43. The molecule has 0 heterocycles. The number of carboxylic acids is 1. The van der Waals surface area contributed by atoms with Crippen LogP contribution in [0, 0.1) is 0 Å². The summed E-state index contributed by atoms with van der Waals surface area (Å²) >= 11 is 0. The van der Waals surface area contributed by atoms with Gasteiger partial charge in [-0.2, -0.15) is 0 Å². The normalized spacial score (nSPS) is 11.1. The first-order chi connectivity index (χ1) is 6.48. The minimum atomic E-state index is -2.85. The van der Waals surface area contributed by atoms with E-state index in [1.54, 1.807) is 0 Å². The van der Waals surface area contributed by atoms with Crippen molar-refractivity contribution >= 4 is 5.97 Å². The highest BCUT2D eigenvalue weighted by Gasteiger charge is 2.35. The molecule has 0 bridgehead atoms. The summed E-state index contributed by atoms with van der Waals surface area (Å²) in [5.74, 6) is -4.07. The molecule has 0 saturated carbocycles. The van der Waals surface area contributed by atoms with E-state index < -0.39 is 11.8 Å². The third-order valence-corrected chi connectivity index (χ3v) is 1.79. The second-order valence-electron chi connectivity index (χ2n) is 2.71. The van der Waals surface area contributed by atoms with Gasteiger partial charge in [-0.15, -0.1) is 0 Å². The molecule has 76 valence electrons. The number of rotatable bonds is 3. The van der Waals surface area contributed by atoms with E-state index in [0.717, 1.165) is 0 Å². The summed E-state index contributed by atoms with van der Waals surface area (Å²) < 4.78 is 4.83. The molecule has 0 radical (unpaired) electrons. The lowest BCUT2D eigenvalue weighted by molar-refractivity contribution is -0.208. The fourth-order valence-corrected chi connectivity index (χ4v) is 0.947. The largest absolute Gasteiger partial charge is 0.497 e. The Morgan fingerprint density at radius 1 is 1.29 bits per heavy atom. The predicted octanol–water partition coefficient (Wildman–Crippen LogP) is -0.0828. The van der Waals surface area contributed by atoms with Crippen LogP contribution in [0.2, 0.25) is 0 Å². The van der Waals surface area contributed by atoms with Gasteiger partial charge in [0.05, 0.1) is 7.11 Å². The van der Waals surface area contributed by atoms with Gasteiger partial charge in [0.1, 0.15) is 5.75 Å². The summed E-state index contributed by atoms with van der Waals surface area (Å²) in [5.41, 5.74) is -0.120. The molecule has 0 spiro atoms. The lowest BCUT2D eigenvalue weighted by Crippen LogP contribution is -2.34. The Balaban J connectivity index is 3.02. The van der Waals surface area contributed by atoms with Gasteiger partial charge in [0.25, 0.3) is 5.79 Å². The second-order valence-corrected chi connectivity index (χ2v) is 2.71. The van der Waals surface area contributed by atoms with Crippen molar-refractivity contribution in [3.63, 3.8) is 0 Å². The van der Waals surface area contributed by atoms with Crippen molar-refractivity contribution in [1.82, 2.24) is 0 Å². The SMILES string of the molecule is COc1ccc(C(O)(O)C(=O)O)cc1. The van der Waals surface area contributed by atoms with Gasteiger partial charge in [0.2, 0.25) is 0 Å². The maximum atomic E-state index is 10.4. The van der Waals surface area contributed by atoms with Crippen molar-refractivity contribution in [3.8, 4) is 5.75 Å². The molecule has 1 aromatic carbocycles. The number of carbonyl (C=O) groups is 1. The first-order valence-electron chi connectivity index (χ1n) is 3.81. The van der Waals surface area contributed by atoms with Crippen LogP contribution in [0.5, 0.6) is 5.75 Å². The summed E-state index contributed by atoms with van der Waals surface area (Å²) in [6.45, 7) is 0. The molecule has 0 aliphatic rings. The van der Waals surface area contributed by atoms with E-state index in [9.17, 15) is 4.79 Å². The van der Waals surface area contributed by atoms with E-state index >= 15 is 0 Å². The predicted molar refractivity (Wildman–Crippen MR) is 46.7 cm³/mol. The van der Waals surface area contributed by atoms with E-state index in [-0.39, 0.29) is 5.56 Å². The second kappa shape index (κ2) is 3.65. The van der Waals surface area contributed by atoms with Crippen LogP contribution >= 0.6 is 0 Å². The standard InChI is InChI=1S/C9H10O5/c1-14-7-4-2-6(3-5-7)9(12,13)8(10)11/h2-5,12-13H,1H3,(H,10,11). The molecule has 0 aromatic heterocycles. The molecule has 0 atom stereocenters. The van der Waals surface area contributed by atoms with Crippen molar-refractivity contribution < 1.29 is 24.9 Å². The third kappa shape index (κ3) is 1.84. The highest BCUT2D eigenvalue weighted by atomic mass is 16.5. The molecule has 0 unspecified atom stereocenters. The quantitative estimate of drug-likeness (QED) is 0.591. The van der Waals surface area contributed by atoms with Crippen molar-refractivity contribution in [2.45, 2.75) is 5.79 Å². The molecule has 0 amide bonds. The molecule has 0 fully saturated rings. The van der Waals surface area contributed by atoms with Crippen LogP contribution in [0.3, 0.4) is 0 Å². The van der Waals surface area contributed by atoms with Gasteiger partial charge in [0, 0.05) is 5.56 Å². The first-order valence-corrected chi connectivity index (χ1v) is 3.81. The summed E-state index contributed by atoms with van der Waals surface area (Å²) in [6.07, 6.45) is 0. The zero-order valence-electron chi connectivity index (χ0n) is 7.47. The Labute approximate surface area is 80.2 Å².